The van der Waals surface area contributed by atoms with Crippen molar-refractivity contribution in [3.63, 3.8) is 0 Å². The lowest BCUT2D eigenvalue weighted by molar-refractivity contribution is -0.128. The standard InChI is InChI=1S/C19H25N5O2/c1-13-3-5-14(6-4-13)11-24-12-15(9-17(24)25)19-21-18(22-26-19)16-10-20-7-8-23(16)2/h3-6,15-16,20H,7-12H2,1-2H3. The van der Waals surface area contributed by atoms with E-state index >= 15 is 0 Å². The maximum Gasteiger partial charge on any atom is 0.232 e. The number of aromatic nitrogens is 2. The molecule has 1 aromatic heterocycles. The molecule has 2 aliphatic rings. The van der Waals surface area contributed by atoms with Crippen molar-refractivity contribution in [1.29, 1.82) is 0 Å². The highest BCUT2D eigenvalue weighted by molar-refractivity contribution is 5.79. The zero-order chi connectivity index (χ0) is 18.1. The molecule has 0 saturated carbocycles. The molecule has 138 valence electrons. The van der Waals surface area contributed by atoms with Gasteiger partial charge in [0.15, 0.2) is 5.82 Å². The number of hydrogen-bond acceptors (Lipinski definition) is 6. The number of carbonyl (C=O) groups excluding carboxylic acids is 1. The lowest BCUT2D eigenvalue weighted by atomic mass is 10.1. The van der Waals surface area contributed by atoms with Crippen molar-refractivity contribution in [3.8, 4) is 0 Å². The van der Waals surface area contributed by atoms with Gasteiger partial charge in [-0.15, -0.1) is 0 Å². The smallest absolute Gasteiger partial charge is 0.232 e. The average molecular weight is 355 g/mol. The van der Waals surface area contributed by atoms with Crippen LogP contribution < -0.4 is 5.32 Å². The fourth-order valence-corrected chi connectivity index (χ4v) is 3.65. The normalized spacial score (nSPS) is 24.4. The first-order valence-corrected chi connectivity index (χ1v) is 9.18. The molecule has 0 radical (unpaired) electrons. The number of rotatable bonds is 4. The average Bonchev–Trinajstić information content (AvgIpc) is 3.25. The molecule has 1 aromatic carbocycles. The number of benzene rings is 1. The highest BCUT2D eigenvalue weighted by Gasteiger charge is 2.35. The zero-order valence-electron chi connectivity index (χ0n) is 15.3. The molecule has 3 heterocycles. The monoisotopic (exact) mass is 355 g/mol. The topological polar surface area (TPSA) is 74.5 Å². The number of nitrogens with zero attached hydrogens (tertiary/aromatic N) is 4. The third kappa shape index (κ3) is 3.50. The molecule has 2 atom stereocenters. The van der Waals surface area contributed by atoms with Crippen LogP contribution in [-0.2, 0) is 11.3 Å². The van der Waals surface area contributed by atoms with Gasteiger partial charge in [-0.3, -0.25) is 9.69 Å². The minimum atomic E-state index is -0.0175. The molecule has 2 unspecified atom stereocenters. The molecule has 2 fully saturated rings. The quantitative estimate of drug-likeness (QED) is 0.895. The summed E-state index contributed by atoms with van der Waals surface area (Å²) in [4.78, 5) is 21.1. The molecule has 2 saturated heterocycles. The number of nitrogens with one attached hydrogen (secondary N) is 1. The summed E-state index contributed by atoms with van der Waals surface area (Å²) >= 11 is 0. The third-order valence-corrected chi connectivity index (χ3v) is 5.32. The van der Waals surface area contributed by atoms with E-state index in [2.05, 4.69) is 58.6 Å². The van der Waals surface area contributed by atoms with Gasteiger partial charge in [0.05, 0.1) is 12.0 Å². The van der Waals surface area contributed by atoms with E-state index in [1.807, 2.05) is 4.90 Å². The molecule has 2 aromatic rings. The summed E-state index contributed by atoms with van der Waals surface area (Å²) in [7, 11) is 2.07. The number of carbonyl (C=O) groups is 1. The van der Waals surface area contributed by atoms with Gasteiger partial charge in [-0.1, -0.05) is 35.0 Å². The van der Waals surface area contributed by atoms with E-state index < -0.39 is 0 Å². The molecule has 0 bridgehead atoms. The number of likely N-dealkylation sites (N-methyl/N-ethyl adjacent to an activating group) is 1. The highest BCUT2D eigenvalue weighted by Crippen LogP contribution is 2.29. The molecule has 0 spiro atoms. The first-order valence-electron chi connectivity index (χ1n) is 9.18. The molecule has 1 N–H and O–H groups in total. The van der Waals surface area contributed by atoms with Crippen LogP contribution in [0.2, 0.25) is 0 Å². The molecule has 7 nitrogen and oxygen atoms in total. The second-order valence-electron chi connectivity index (χ2n) is 7.35. The maximum atomic E-state index is 12.4. The number of amides is 1. The van der Waals surface area contributed by atoms with E-state index in [0.717, 1.165) is 25.2 Å². The minimum absolute atomic E-state index is 0.0175. The summed E-state index contributed by atoms with van der Waals surface area (Å²) in [6, 6.07) is 8.43. The van der Waals surface area contributed by atoms with Crippen LogP contribution in [0, 0.1) is 6.92 Å². The van der Waals surface area contributed by atoms with E-state index in [4.69, 9.17) is 4.52 Å². The van der Waals surface area contributed by atoms with E-state index in [1.54, 1.807) is 0 Å². The van der Waals surface area contributed by atoms with Crippen molar-refractivity contribution in [2.45, 2.75) is 31.8 Å². The van der Waals surface area contributed by atoms with Crippen molar-refractivity contribution < 1.29 is 9.32 Å². The molecule has 2 aliphatic heterocycles. The minimum Gasteiger partial charge on any atom is -0.339 e. The van der Waals surface area contributed by atoms with Gasteiger partial charge < -0.3 is 14.7 Å². The first-order chi connectivity index (χ1) is 12.6. The van der Waals surface area contributed by atoms with E-state index in [-0.39, 0.29) is 17.9 Å². The molecule has 0 aliphatic carbocycles. The number of aryl methyl sites for hydroxylation is 1. The van der Waals surface area contributed by atoms with Crippen LogP contribution >= 0.6 is 0 Å². The predicted octanol–water partition coefficient (Wildman–Crippen LogP) is 1.47. The van der Waals surface area contributed by atoms with Crippen LogP contribution in [0.1, 0.15) is 41.2 Å². The van der Waals surface area contributed by atoms with E-state index in [1.165, 1.54) is 5.56 Å². The Morgan fingerprint density at radius 1 is 1.31 bits per heavy atom. The zero-order valence-corrected chi connectivity index (χ0v) is 15.3. The molecular formula is C19H25N5O2. The fourth-order valence-electron chi connectivity index (χ4n) is 3.65. The van der Waals surface area contributed by atoms with Crippen LogP contribution in [0.3, 0.4) is 0 Å². The van der Waals surface area contributed by atoms with E-state index in [9.17, 15) is 4.79 Å². The van der Waals surface area contributed by atoms with Crippen LogP contribution in [0.4, 0.5) is 0 Å². The Morgan fingerprint density at radius 3 is 2.88 bits per heavy atom. The second-order valence-corrected chi connectivity index (χ2v) is 7.35. The van der Waals surface area contributed by atoms with Gasteiger partial charge in [0.25, 0.3) is 0 Å². The number of piperazine rings is 1. The summed E-state index contributed by atoms with van der Waals surface area (Å²) < 4.78 is 5.52. The van der Waals surface area contributed by atoms with Crippen molar-refractivity contribution in [2.24, 2.45) is 0 Å². The van der Waals surface area contributed by atoms with Gasteiger partial charge in [0.2, 0.25) is 11.8 Å². The van der Waals surface area contributed by atoms with Gasteiger partial charge in [-0.05, 0) is 19.5 Å². The van der Waals surface area contributed by atoms with Crippen molar-refractivity contribution in [2.75, 3.05) is 33.2 Å². The Hall–Kier alpha value is -2.25. The third-order valence-electron chi connectivity index (χ3n) is 5.32. The van der Waals surface area contributed by atoms with Crippen molar-refractivity contribution >= 4 is 5.91 Å². The van der Waals surface area contributed by atoms with Gasteiger partial charge >= 0.3 is 0 Å². The van der Waals surface area contributed by atoms with E-state index in [0.29, 0.717) is 31.2 Å². The molecule has 4 rings (SSSR count). The van der Waals surface area contributed by atoms with Gasteiger partial charge in [0.1, 0.15) is 0 Å². The lowest BCUT2D eigenvalue weighted by Gasteiger charge is -2.30. The highest BCUT2D eigenvalue weighted by atomic mass is 16.5. The Balaban J connectivity index is 1.43. The molecule has 26 heavy (non-hydrogen) atoms. The van der Waals surface area contributed by atoms with Crippen LogP contribution in [0.15, 0.2) is 28.8 Å². The Bertz CT molecular complexity index is 772. The lowest BCUT2D eigenvalue weighted by Crippen LogP contribution is -2.44. The SMILES string of the molecule is Cc1ccc(CN2CC(c3nc(C4CNCCN4C)no3)CC2=O)cc1. The summed E-state index contributed by atoms with van der Waals surface area (Å²) in [5.74, 6) is 1.42. The Morgan fingerprint density at radius 2 is 2.12 bits per heavy atom. The van der Waals surface area contributed by atoms with Gasteiger partial charge in [0, 0.05) is 39.1 Å². The summed E-state index contributed by atoms with van der Waals surface area (Å²) in [5, 5.41) is 7.54. The summed E-state index contributed by atoms with van der Waals surface area (Å²) in [6.07, 6.45) is 0.437. The molecular weight excluding hydrogens is 330 g/mol. The van der Waals surface area contributed by atoms with Gasteiger partial charge in [-0.2, -0.15) is 4.98 Å². The fraction of sp³-hybridized carbons (Fsp3) is 0.526. The number of likely N-dealkylation sites (tertiary alicyclic amines) is 1. The summed E-state index contributed by atoms with van der Waals surface area (Å²) in [5.41, 5.74) is 2.37. The summed E-state index contributed by atoms with van der Waals surface area (Å²) in [6.45, 7) is 6.08. The van der Waals surface area contributed by atoms with Crippen molar-refractivity contribution in [3.05, 3.63) is 47.1 Å². The van der Waals surface area contributed by atoms with Crippen LogP contribution in [-0.4, -0.2) is 59.1 Å². The van der Waals surface area contributed by atoms with Crippen LogP contribution in [0.25, 0.3) is 0 Å². The Kier molecular flexibility index (Phi) is 4.74. The number of hydrogen-bond donors (Lipinski definition) is 1. The molecule has 1 amide bonds. The largest absolute Gasteiger partial charge is 0.339 e. The predicted molar refractivity (Wildman–Crippen MR) is 96.5 cm³/mol. The maximum absolute atomic E-state index is 12.4. The Labute approximate surface area is 153 Å². The first kappa shape index (κ1) is 17.2. The molecule has 7 heteroatoms. The second kappa shape index (κ2) is 7.17. The van der Waals surface area contributed by atoms with Crippen LogP contribution in [0.5, 0.6) is 0 Å². The van der Waals surface area contributed by atoms with Gasteiger partial charge in [-0.25, -0.2) is 0 Å². The van der Waals surface area contributed by atoms with Crippen molar-refractivity contribution in [1.82, 2.24) is 25.3 Å².